The molecule has 0 saturated heterocycles. The van der Waals surface area contributed by atoms with Crippen LogP contribution < -0.4 is 0 Å². The summed E-state index contributed by atoms with van der Waals surface area (Å²) in [6.07, 6.45) is 4.57. The van der Waals surface area contributed by atoms with Gasteiger partial charge in [-0.05, 0) is 47.7 Å². The van der Waals surface area contributed by atoms with E-state index >= 15 is 0 Å². The molecule has 1 heterocycles. The second kappa shape index (κ2) is 6.34. The van der Waals surface area contributed by atoms with Crippen molar-refractivity contribution in [2.45, 2.75) is 13.3 Å². The SMILES string of the molecule is CC(Cc1ccc[nH]1)C(=Cc1cccc(F)c1)CO. The Morgan fingerprint density at radius 3 is 2.84 bits per heavy atom. The topological polar surface area (TPSA) is 36.0 Å². The van der Waals surface area contributed by atoms with Crippen LogP contribution in [0.1, 0.15) is 18.2 Å². The normalized spacial score (nSPS) is 13.5. The molecule has 0 amide bonds. The summed E-state index contributed by atoms with van der Waals surface area (Å²) in [5.41, 5.74) is 2.81. The van der Waals surface area contributed by atoms with Gasteiger partial charge in [-0.1, -0.05) is 25.1 Å². The van der Waals surface area contributed by atoms with Gasteiger partial charge in [0.15, 0.2) is 0 Å². The molecule has 2 nitrogen and oxygen atoms in total. The number of aliphatic hydroxyl groups is 1. The predicted molar refractivity (Wildman–Crippen MR) is 75.1 cm³/mol. The number of hydrogen-bond donors (Lipinski definition) is 2. The van der Waals surface area contributed by atoms with E-state index in [9.17, 15) is 9.50 Å². The number of hydrogen-bond acceptors (Lipinski definition) is 1. The van der Waals surface area contributed by atoms with Crippen molar-refractivity contribution in [2.24, 2.45) is 5.92 Å². The largest absolute Gasteiger partial charge is 0.392 e. The smallest absolute Gasteiger partial charge is 0.123 e. The molecule has 0 spiro atoms. The summed E-state index contributed by atoms with van der Waals surface area (Å²) >= 11 is 0. The molecule has 0 bridgehead atoms. The number of nitrogens with one attached hydrogen (secondary N) is 1. The van der Waals surface area contributed by atoms with Crippen molar-refractivity contribution in [3.63, 3.8) is 0 Å². The molecule has 0 fully saturated rings. The highest BCUT2D eigenvalue weighted by molar-refractivity contribution is 5.53. The van der Waals surface area contributed by atoms with E-state index in [0.717, 1.165) is 23.3 Å². The van der Waals surface area contributed by atoms with Crippen molar-refractivity contribution >= 4 is 6.08 Å². The second-order valence-electron chi connectivity index (χ2n) is 4.73. The molecule has 1 atom stereocenters. The quantitative estimate of drug-likeness (QED) is 0.848. The minimum Gasteiger partial charge on any atom is -0.392 e. The fourth-order valence-corrected chi connectivity index (χ4v) is 2.11. The van der Waals surface area contributed by atoms with Gasteiger partial charge in [0.25, 0.3) is 0 Å². The van der Waals surface area contributed by atoms with E-state index in [1.165, 1.54) is 12.1 Å². The zero-order valence-electron chi connectivity index (χ0n) is 10.9. The fraction of sp³-hybridized carbons (Fsp3) is 0.250. The molecule has 0 saturated carbocycles. The first kappa shape index (κ1) is 13.6. The molecule has 0 radical (unpaired) electrons. The van der Waals surface area contributed by atoms with Crippen LogP contribution >= 0.6 is 0 Å². The third-order valence-electron chi connectivity index (χ3n) is 3.20. The van der Waals surface area contributed by atoms with Crippen LogP contribution in [0.15, 0.2) is 48.2 Å². The molecule has 2 N–H and O–H groups in total. The van der Waals surface area contributed by atoms with E-state index in [4.69, 9.17) is 0 Å². The molecule has 1 aromatic heterocycles. The Morgan fingerprint density at radius 1 is 1.37 bits per heavy atom. The maximum Gasteiger partial charge on any atom is 0.123 e. The number of aliphatic hydroxyl groups excluding tert-OH is 1. The van der Waals surface area contributed by atoms with Crippen molar-refractivity contribution in [1.29, 1.82) is 0 Å². The Labute approximate surface area is 112 Å². The van der Waals surface area contributed by atoms with Gasteiger partial charge < -0.3 is 10.1 Å². The van der Waals surface area contributed by atoms with Crippen molar-refractivity contribution in [1.82, 2.24) is 4.98 Å². The van der Waals surface area contributed by atoms with Gasteiger partial charge >= 0.3 is 0 Å². The Hall–Kier alpha value is -1.87. The van der Waals surface area contributed by atoms with Gasteiger partial charge in [0.2, 0.25) is 0 Å². The molecule has 19 heavy (non-hydrogen) atoms. The third-order valence-corrected chi connectivity index (χ3v) is 3.20. The van der Waals surface area contributed by atoms with E-state index < -0.39 is 0 Å². The Morgan fingerprint density at radius 2 is 2.21 bits per heavy atom. The second-order valence-corrected chi connectivity index (χ2v) is 4.73. The monoisotopic (exact) mass is 259 g/mol. The number of aromatic amines is 1. The van der Waals surface area contributed by atoms with Gasteiger partial charge in [-0.25, -0.2) is 4.39 Å². The molecule has 2 aromatic rings. The fourth-order valence-electron chi connectivity index (χ4n) is 2.11. The maximum atomic E-state index is 13.1. The summed E-state index contributed by atoms with van der Waals surface area (Å²) in [5.74, 6) is -0.0602. The van der Waals surface area contributed by atoms with Crippen LogP contribution in [0.25, 0.3) is 6.08 Å². The van der Waals surface area contributed by atoms with Gasteiger partial charge in [0.1, 0.15) is 5.82 Å². The summed E-state index contributed by atoms with van der Waals surface area (Å²) in [7, 11) is 0. The lowest BCUT2D eigenvalue weighted by Gasteiger charge is -2.13. The number of halogens is 1. The summed E-state index contributed by atoms with van der Waals surface area (Å²) in [5, 5.41) is 9.48. The molecule has 0 aliphatic heterocycles. The summed E-state index contributed by atoms with van der Waals surface area (Å²) < 4.78 is 13.1. The molecule has 1 unspecified atom stereocenters. The van der Waals surface area contributed by atoms with Crippen LogP contribution in [0.5, 0.6) is 0 Å². The minimum atomic E-state index is -0.261. The van der Waals surface area contributed by atoms with Gasteiger partial charge in [-0.15, -0.1) is 0 Å². The lowest BCUT2D eigenvalue weighted by Crippen LogP contribution is -2.07. The highest BCUT2D eigenvalue weighted by Crippen LogP contribution is 2.19. The number of rotatable bonds is 5. The highest BCUT2D eigenvalue weighted by atomic mass is 19.1. The van der Waals surface area contributed by atoms with Gasteiger partial charge in [0.05, 0.1) is 6.61 Å². The van der Waals surface area contributed by atoms with E-state index in [2.05, 4.69) is 11.9 Å². The average molecular weight is 259 g/mol. The first-order chi connectivity index (χ1) is 9.19. The average Bonchev–Trinajstić information content (AvgIpc) is 2.88. The van der Waals surface area contributed by atoms with Crippen LogP contribution in [0.2, 0.25) is 0 Å². The summed E-state index contributed by atoms with van der Waals surface area (Å²) in [6, 6.07) is 10.4. The minimum absolute atomic E-state index is 0.0155. The molecule has 3 heteroatoms. The number of aromatic nitrogens is 1. The molecule has 1 aromatic carbocycles. The van der Waals surface area contributed by atoms with Gasteiger partial charge in [0, 0.05) is 11.9 Å². The van der Waals surface area contributed by atoms with Crippen LogP contribution in [-0.2, 0) is 6.42 Å². The standard InChI is InChI=1S/C16H18FNO/c1-12(8-16-6-3-7-18-16)14(11-19)9-13-4-2-5-15(17)10-13/h2-7,9-10,12,18-19H,8,11H2,1H3. The molecule has 0 aliphatic carbocycles. The zero-order chi connectivity index (χ0) is 13.7. The molecule has 0 aliphatic rings. The third kappa shape index (κ3) is 3.80. The van der Waals surface area contributed by atoms with E-state index in [1.807, 2.05) is 30.5 Å². The summed E-state index contributed by atoms with van der Waals surface area (Å²) in [4.78, 5) is 3.15. The first-order valence-corrected chi connectivity index (χ1v) is 6.38. The molecule has 100 valence electrons. The highest BCUT2D eigenvalue weighted by Gasteiger charge is 2.10. The number of benzene rings is 1. The van der Waals surface area contributed by atoms with E-state index in [1.54, 1.807) is 6.07 Å². The lowest BCUT2D eigenvalue weighted by atomic mass is 9.94. The molecule has 2 rings (SSSR count). The maximum absolute atomic E-state index is 13.1. The molecular formula is C16H18FNO. The Bertz CT molecular complexity index is 546. The van der Waals surface area contributed by atoms with Crippen molar-refractivity contribution in [2.75, 3.05) is 6.61 Å². The summed E-state index contributed by atoms with van der Waals surface area (Å²) in [6.45, 7) is 2.04. The van der Waals surface area contributed by atoms with E-state index in [-0.39, 0.29) is 18.3 Å². The Kier molecular flexibility index (Phi) is 4.53. The van der Waals surface area contributed by atoms with Crippen LogP contribution in [0, 0.1) is 11.7 Å². The van der Waals surface area contributed by atoms with Gasteiger partial charge in [-0.3, -0.25) is 0 Å². The van der Waals surface area contributed by atoms with Gasteiger partial charge in [-0.2, -0.15) is 0 Å². The predicted octanol–water partition coefficient (Wildman–Crippen LogP) is 3.41. The van der Waals surface area contributed by atoms with Crippen LogP contribution in [0.4, 0.5) is 4.39 Å². The lowest BCUT2D eigenvalue weighted by molar-refractivity contribution is 0.317. The molecular weight excluding hydrogens is 241 g/mol. The van der Waals surface area contributed by atoms with Crippen molar-refractivity contribution in [3.05, 3.63) is 65.2 Å². The van der Waals surface area contributed by atoms with Crippen LogP contribution in [0.3, 0.4) is 0 Å². The van der Waals surface area contributed by atoms with E-state index in [0.29, 0.717) is 0 Å². The van der Waals surface area contributed by atoms with Crippen molar-refractivity contribution in [3.8, 4) is 0 Å². The number of H-pyrrole nitrogens is 1. The Balaban J connectivity index is 2.14. The zero-order valence-corrected chi connectivity index (χ0v) is 10.9. The first-order valence-electron chi connectivity index (χ1n) is 6.38. The van der Waals surface area contributed by atoms with Crippen LogP contribution in [-0.4, -0.2) is 16.7 Å². The van der Waals surface area contributed by atoms with Crippen molar-refractivity contribution < 1.29 is 9.50 Å².